The summed E-state index contributed by atoms with van der Waals surface area (Å²) in [5.41, 5.74) is 8.27. The van der Waals surface area contributed by atoms with Crippen LogP contribution in [0.1, 0.15) is 30.9 Å². The minimum atomic E-state index is -4.03. The first-order chi connectivity index (χ1) is 10.3. The molecule has 2 N–H and O–H groups in total. The van der Waals surface area contributed by atoms with Crippen LogP contribution in [0.25, 0.3) is 0 Å². The van der Waals surface area contributed by atoms with Crippen molar-refractivity contribution in [1.29, 1.82) is 0 Å². The monoisotopic (exact) mass is 314 g/mol. The Hall–Kier alpha value is -1.07. The number of piperidine rings is 1. The topological polar surface area (TPSA) is 29.3 Å². The van der Waals surface area contributed by atoms with Crippen LogP contribution in [0.3, 0.4) is 0 Å². The third-order valence-electron chi connectivity index (χ3n) is 4.32. The summed E-state index contributed by atoms with van der Waals surface area (Å²) in [6, 6.07) is 8.47. The Balaban J connectivity index is 1.79. The molecule has 2 rings (SSSR count). The van der Waals surface area contributed by atoms with Crippen molar-refractivity contribution in [1.82, 2.24) is 4.90 Å². The molecule has 1 heterocycles. The second-order valence-corrected chi connectivity index (χ2v) is 6.41. The highest BCUT2D eigenvalue weighted by molar-refractivity contribution is 5.24. The number of benzene rings is 1. The number of nitrogens with two attached hydrogens (primary N) is 1. The normalized spacial score (nSPS) is 19.3. The largest absolute Gasteiger partial charge is 0.391 e. The van der Waals surface area contributed by atoms with Gasteiger partial charge < -0.3 is 10.6 Å². The fraction of sp³-hybridized carbons (Fsp3) is 0.647. The smallest absolute Gasteiger partial charge is 0.328 e. The van der Waals surface area contributed by atoms with Crippen LogP contribution in [-0.4, -0.2) is 36.8 Å². The van der Waals surface area contributed by atoms with Gasteiger partial charge in [-0.15, -0.1) is 0 Å². The predicted molar refractivity (Wildman–Crippen MR) is 82.7 cm³/mol. The molecule has 1 atom stereocenters. The van der Waals surface area contributed by atoms with E-state index >= 15 is 0 Å². The molecule has 0 spiro atoms. The van der Waals surface area contributed by atoms with E-state index in [1.165, 1.54) is 11.1 Å². The lowest BCUT2D eigenvalue weighted by Gasteiger charge is -2.32. The van der Waals surface area contributed by atoms with Crippen molar-refractivity contribution in [2.24, 2.45) is 11.7 Å². The molecule has 0 aromatic heterocycles. The zero-order chi connectivity index (χ0) is 16.2. The van der Waals surface area contributed by atoms with Crippen LogP contribution in [-0.2, 0) is 12.8 Å². The Morgan fingerprint density at radius 2 is 1.86 bits per heavy atom. The van der Waals surface area contributed by atoms with Crippen molar-refractivity contribution in [3.8, 4) is 0 Å². The molecular formula is C17H25F3N2. The van der Waals surface area contributed by atoms with Crippen LogP contribution in [0.4, 0.5) is 13.2 Å². The molecular weight excluding hydrogens is 289 g/mol. The molecule has 1 fully saturated rings. The van der Waals surface area contributed by atoms with Gasteiger partial charge in [-0.25, -0.2) is 0 Å². The first-order valence-corrected chi connectivity index (χ1v) is 7.97. The zero-order valence-corrected chi connectivity index (χ0v) is 13.1. The molecule has 2 nitrogen and oxygen atoms in total. The Bertz CT molecular complexity index is 463. The molecule has 0 amide bonds. The molecule has 0 radical (unpaired) electrons. The standard InChI is InChI=1S/C17H25F3N2/c1-13(21)11-15-4-2-3-14(12-15)5-8-22-9-6-16(7-10-22)17(18,19)20/h2-4,12-13,16H,5-11,21H2,1H3. The quantitative estimate of drug-likeness (QED) is 0.902. The summed E-state index contributed by atoms with van der Waals surface area (Å²) >= 11 is 0. The second-order valence-electron chi connectivity index (χ2n) is 6.41. The molecule has 1 aromatic rings. The number of hydrogen-bond acceptors (Lipinski definition) is 2. The van der Waals surface area contributed by atoms with Crippen molar-refractivity contribution in [3.05, 3.63) is 35.4 Å². The second kappa shape index (κ2) is 7.47. The number of hydrogen-bond donors (Lipinski definition) is 1. The van der Waals surface area contributed by atoms with E-state index in [0.717, 1.165) is 19.4 Å². The van der Waals surface area contributed by atoms with Crippen molar-refractivity contribution in [2.75, 3.05) is 19.6 Å². The lowest BCUT2D eigenvalue weighted by atomic mass is 9.96. The third-order valence-corrected chi connectivity index (χ3v) is 4.32. The summed E-state index contributed by atoms with van der Waals surface area (Å²) in [5, 5.41) is 0. The summed E-state index contributed by atoms with van der Waals surface area (Å²) in [4.78, 5) is 2.14. The van der Waals surface area contributed by atoms with Gasteiger partial charge >= 0.3 is 6.18 Å². The summed E-state index contributed by atoms with van der Waals surface area (Å²) in [6.45, 7) is 3.90. The molecule has 1 saturated heterocycles. The lowest BCUT2D eigenvalue weighted by molar-refractivity contribution is -0.185. The summed E-state index contributed by atoms with van der Waals surface area (Å²) in [6.07, 6.45) is -1.84. The van der Waals surface area contributed by atoms with Gasteiger partial charge in [0, 0.05) is 12.6 Å². The highest BCUT2D eigenvalue weighted by Gasteiger charge is 2.40. The summed E-state index contributed by atoms with van der Waals surface area (Å²) < 4.78 is 37.9. The average Bonchev–Trinajstić information content (AvgIpc) is 2.44. The van der Waals surface area contributed by atoms with Gasteiger partial charge in [-0.2, -0.15) is 13.2 Å². The molecule has 1 aromatic carbocycles. The SMILES string of the molecule is CC(N)Cc1cccc(CCN2CCC(C(F)(F)F)CC2)c1. The predicted octanol–water partition coefficient (Wildman–Crippen LogP) is 3.39. The van der Waals surface area contributed by atoms with Gasteiger partial charge in [-0.3, -0.25) is 0 Å². The van der Waals surface area contributed by atoms with Crippen molar-refractivity contribution < 1.29 is 13.2 Å². The van der Waals surface area contributed by atoms with E-state index in [-0.39, 0.29) is 18.9 Å². The van der Waals surface area contributed by atoms with Gasteiger partial charge in [-0.05, 0) is 56.8 Å². The third kappa shape index (κ3) is 5.29. The molecule has 5 heteroatoms. The molecule has 124 valence electrons. The molecule has 0 bridgehead atoms. The van der Waals surface area contributed by atoms with Crippen LogP contribution < -0.4 is 5.73 Å². The maximum absolute atomic E-state index is 12.6. The maximum Gasteiger partial charge on any atom is 0.391 e. The van der Waals surface area contributed by atoms with Crippen LogP contribution in [0.2, 0.25) is 0 Å². The van der Waals surface area contributed by atoms with Gasteiger partial charge in [0.15, 0.2) is 0 Å². The average molecular weight is 314 g/mol. The van der Waals surface area contributed by atoms with E-state index in [1.54, 1.807) is 0 Å². The van der Waals surface area contributed by atoms with Gasteiger partial charge in [-0.1, -0.05) is 24.3 Å². The zero-order valence-electron chi connectivity index (χ0n) is 13.1. The minimum Gasteiger partial charge on any atom is -0.328 e. The van der Waals surface area contributed by atoms with E-state index in [2.05, 4.69) is 23.1 Å². The van der Waals surface area contributed by atoms with Crippen molar-refractivity contribution >= 4 is 0 Å². The number of nitrogens with zero attached hydrogens (tertiary/aromatic N) is 1. The highest BCUT2D eigenvalue weighted by atomic mass is 19.4. The minimum absolute atomic E-state index is 0.136. The molecule has 0 saturated carbocycles. The number of rotatable bonds is 5. The van der Waals surface area contributed by atoms with Crippen molar-refractivity contribution in [2.45, 2.75) is 44.8 Å². The van der Waals surface area contributed by atoms with E-state index in [9.17, 15) is 13.2 Å². The Labute approximate surface area is 130 Å². The Kier molecular flexibility index (Phi) is 5.87. The van der Waals surface area contributed by atoms with Crippen LogP contribution in [0.5, 0.6) is 0 Å². The highest BCUT2D eigenvalue weighted by Crippen LogP contribution is 2.34. The summed E-state index contributed by atoms with van der Waals surface area (Å²) in [5.74, 6) is -1.11. The maximum atomic E-state index is 12.6. The number of alkyl halides is 3. The van der Waals surface area contributed by atoms with Gasteiger partial charge in [0.25, 0.3) is 0 Å². The molecule has 22 heavy (non-hydrogen) atoms. The van der Waals surface area contributed by atoms with Crippen molar-refractivity contribution in [3.63, 3.8) is 0 Å². The van der Waals surface area contributed by atoms with Gasteiger partial charge in [0.2, 0.25) is 0 Å². The lowest BCUT2D eigenvalue weighted by Crippen LogP contribution is -2.39. The Morgan fingerprint density at radius 3 is 2.45 bits per heavy atom. The molecule has 1 aliphatic rings. The first-order valence-electron chi connectivity index (χ1n) is 7.97. The fourth-order valence-corrected chi connectivity index (χ4v) is 3.06. The molecule has 0 aliphatic carbocycles. The van der Waals surface area contributed by atoms with Gasteiger partial charge in [0.1, 0.15) is 0 Å². The summed E-state index contributed by atoms with van der Waals surface area (Å²) in [7, 11) is 0. The van der Waals surface area contributed by atoms with E-state index in [4.69, 9.17) is 5.73 Å². The van der Waals surface area contributed by atoms with Crippen LogP contribution >= 0.6 is 0 Å². The number of halogens is 3. The van der Waals surface area contributed by atoms with Crippen LogP contribution in [0.15, 0.2) is 24.3 Å². The molecule has 1 aliphatic heterocycles. The molecule has 1 unspecified atom stereocenters. The van der Waals surface area contributed by atoms with E-state index in [0.29, 0.717) is 13.1 Å². The fourth-order valence-electron chi connectivity index (χ4n) is 3.06. The van der Waals surface area contributed by atoms with E-state index < -0.39 is 12.1 Å². The Morgan fingerprint density at radius 1 is 1.23 bits per heavy atom. The van der Waals surface area contributed by atoms with Gasteiger partial charge in [0.05, 0.1) is 5.92 Å². The number of likely N-dealkylation sites (tertiary alicyclic amines) is 1. The van der Waals surface area contributed by atoms with Crippen LogP contribution in [0, 0.1) is 5.92 Å². The first kappa shape index (κ1) is 17.3. The van der Waals surface area contributed by atoms with E-state index in [1.807, 2.05) is 13.0 Å².